The zero-order valence-electron chi connectivity index (χ0n) is 21.5. The van der Waals surface area contributed by atoms with E-state index in [0.29, 0.717) is 45.5 Å². The summed E-state index contributed by atoms with van der Waals surface area (Å²) in [7, 11) is 0. The minimum Gasteiger partial charge on any atom is -0.491 e. The molecular weight excluding hydrogens is 473 g/mol. The van der Waals surface area contributed by atoms with Crippen molar-refractivity contribution in [3.63, 3.8) is 0 Å². The third-order valence-electron chi connectivity index (χ3n) is 7.85. The van der Waals surface area contributed by atoms with Gasteiger partial charge < -0.3 is 19.9 Å². The van der Waals surface area contributed by atoms with Crippen molar-refractivity contribution in [2.45, 2.75) is 69.1 Å². The number of carbonyl (C=O) groups is 1. The zero-order chi connectivity index (χ0) is 25.7. The fraction of sp³-hybridized carbons (Fsp3) is 0.586. The molecule has 2 N–H and O–H groups in total. The Bertz CT molecular complexity index is 1080. The molecule has 2 saturated heterocycles. The van der Waals surface area contributed by atoms with Crippen molar-refractivity contribution in [1.82, 2.24) is 9.88 Å². The molecule has 2 aromatic rings. The van der Waals surface area contributed by atoms with Crippen LogP contribution >= 0.6 is 0 Å². The quantitative estimate of drug-likeness (QED) is 0.456. The van der Waals surface area contributed by atoms with Gasteiger partial charge in [0.05, 0.1) is 12.5 Å². The summed E-state index contributed by atoms with van der Waals surface area (Å²) < 4.78 is 27.4. The molecule has 8 heteroatoms. The number of pyridine rings is 1. The van der Waals surface area contributed by atoms with Gasteiger partial charge in [-0.3, -0.25) is 9.69 Å². The summed E-state index contributed by atoms with van der Waals surface area (Å²) >= 11 is 0. The highest BCUT2D eigenvalue weighted by atomic mass is 19.1. The first-order valence-electron chi connectivity index (χ1n) is 13.7. The molecule has 0 spiro atoms. The van der Waals surface area contributed by atoms with Crippen molar-refractivity contribution >= 4 is 11.8 Å². The predicted octanol–water partition coefficient (Wildman–Crippen LogP) is 4.60. The van der Waals surface area contributed by atoms with Crippen LogP contribution < -0.4 is 10.1 Å². The summed E-state index contributed by atoms with van der Waals surface area (Å²) in [5.74, 6) is 0.577. The van der Waals surface area contributed by atoms with Gasteiger partial charge in [0.25, 0.3) is 0 Å². The van der Waals surface area contributed by atoms with Crippen LogP contribution in [0.1, 0.15) is 61.3 Å². The van der Waals surface area contributed by atoms with Crippen LogP contribution in [0.2, 0.25) is 0 Å². The van der Waals surface area contributed by atoms with Gasteiger partial charge in [0.15, 0.2) is 0 Å². The second-order valence-electron chi connectivity index (χ2n) is 10.8. The smallest absolute Gasteiger partial charge is 0.304 e. The molecule has 4 heterocycles. The number of nitrogens with zero attached hydrogens (tertiary/aromatic N) is 2. The Morgan fingerprint density at radius 3 is 3.08 bits per heavy atom. The summed E-state index contributed by atoms with van der Waals surface area (Å²) in [4.78, 5) is 18.5. The molecular formula is C29H38FN3O4. The molecule has 200 valence electrons. The number of ether oxygens (including phenoxy) is 2. The van der Waals surface area contributed by atoms with Crippen molar-refractivity contribution in [3.05, 3.63) is 53.2 Å². The Morgan fingerprint density at radius 2 is 2.24 bits per heavy atom. The maximum absolute atomic E-state index is 15.8. The lowest BCUT2D eigenvalue weighted by Gasteiger charge is -2.25. The summed E-state index contributed by atoms with van der Waals surface area (Å²) in [5, 5.41) is 12.9. The van der Waals surface area contributed by atoms with Crippen molar-refractivity contribution < 1.29 is 23.8 Å². The van der Waals surface area contributed by atoms with Crippen molar-refractivity contribution in [2.24, 2.45) is 0 Å². The molecule has 1 aromatic heterocycles. The maximum Gasteiger partial charge on any atom is 0.304 e. The first-order valence-corrected chi connectivity index (χ1v) is 13.7. The molecule has 0 radical (unpaired) electrons. The minimum atomic E-state index is -1.29. The standard InChI is InChI=1S/C29H38FN3O4/c30-29(11-10-24-9-8-21-5-2-13-31-28(21)32-24)12-14-33(20-29)18-23(17-27(34)35)22-4-1-6-25(16-22)37-19-26-7-3-15-36-26/h1,4,6,8-9,16,23,26H,2-3,5,7,10-15,17-20H2,(H,31,32)(H,34,35)/t23-,26-,29+/m1/s1. The molecule has 3 atom stereocenters. The largest absolute Gasteiger partial charge is 0.491 e. The number of benzene rings is 1. The normalized spacial score (nSPS) is 24.4. The fourth-order valence-electron chi connectivity index (χ4n) is 5.77. The molecule has 3 aliphatic heterocycles. The zero-order valence-corrected chi connectivity index (χ0v) is 21.5. The van der Waals surface area contributed by atoms with Crippen LogP contribution in [0.25, 0.3) is 0 Å². The molecule has 3 aliphatic rings. The first kappa shape index (κ1) is 25.9. The number of aryl methyl sites for hydroxylation is 2. The maximum atomic E-state index is 15.8. The van der Waals surface area contributed by atoms with Crippen LogP contribution in [-0.4, -0.2) is 72.1 Å². The molecule has 0 unspecified atom stereocenters. The Labute approximate surface area is 218 Å². The van der Waals surface area contributed by atoms with E-state index in [4.69, 9.17) is 14.5 Å². The van der Waals surface area contributed by atoms with E-state index in [-0.39, 0.29) is 18.4 Å². The highest BCUT2D eigenvalue weighted by molar-refractivity contribution is 5.68. The number of likely N-dealkylation sites (tertiary alicyclic amines) is 1. The van der Waals surface area contributed by atoms with E-state index in [0.717, 1.165) is 61.7 Å². The van der Waals surface area contributed by atoms with Crippen LogP contribution in [0.3, 0.4) is 0 Å². The van der Waals surface area contributed by atoms with Crippen molar-refractivity contribution in [2.75, 3.05) is 44.7 Å². The van der Waals surface area contributed by atoms with Gasteiger partial charge in [-0.05, 0) is 74.3 Å². The third-order valence-corrected chi connectivity index (χ3v) is 7.85. The Morgan fingerprint density at radius 1 is 1.32 bits per heavy atom. The number of aromatic nitrogens is 1. The number of rotatable bonds is 11. The summed E-state index contributed by atoms with van der Waals surface area (Å²) in [6.45, 7) is 3.67. The number of fused-ring (bicyclic) bond motifs is 1. The third kappa shape index (κ3) is 6.99. The van der Waals surface area contributed by atoms with Crippen LogP contribution in [0.15, 0.2) is 36.4 Å². The van der Waals surface area contributed by atoms with Gasteiger partial charge in [0.1, 0.15) is 23.8 Å². The predicted molar refractivity (Wildman–Crippen MR) is 140 cm³/mol. The monoisotopic (exact) mass is 511 g/mol. The van der Waals surface area contributed by atoms with Crippen molar-refractivity contribution in [1.29, 1.82) is 0 Å². The number of carboxylic acid groups (broad SMARTS) is 1. The molecule has 2 fully saturated rings. The molecule has 1 aromatic carbocycles. The van der Waals surface area contributed by atoms with E-state index in [2.05, 4.69) is 16.3 Å². The first-order chi connectivity index (χ1) is 18.0. The van der Waals surface area contributed by atoms with Gasteiger partial charge in [0, 0.05) is 44.4 Å². The summed E-state index contributed by atoms with van der Waals surface area (Å²) in [6, 6.07) is 11.8. The summed E-state index contributed by atoms with van der Waals surface area (Å²) in [5.41, 5.74) is 1.79. The van der Waals surface area contributed by atoms with E-state index < -0.39 is 11.6 Å². The van der Waals surface area contributed by atoms with Crippen LogP contribution in [0.4, 0.5) is 10.2 Å². The molecule has 37 heavy (non-hydrogen) atoms. The average molecular weight is 512 g/mol. The van der Waals surface area contributed by atoms with Gasteiger partial charge in [-0.2, -0.15) is 0 Å². The molecule has 0 amide bonds. The van der Waals surface area contributed by atoms with Gasteiger partial charge >= 0.3 is 5.97 Å². The number of hydrogen-bond donors (Lipinski definition) is 2. The lowest BCUT2D eigenvalue weighted by atomic mass is 9.94. The number of nitrogens with one attached hydrogen (secondary N) is 1. The van der Waals surface area contributed by atoms with Crippen LogP contribution in [-0.2, 0) is 22.4 Å². The lowest BCUT2D eigenvalue weighted by Crippen LogP contribution is -2.32. The fourth-order valence-corrected chi connectivity index (χ4v) is 5.77. The van der Waals surface area contributed by atoms with Gasteiger partial charge in [0.2, 0.25) is 0 Å². The SMILES string of the molecule is O=C(O)C[C@H](CN1CC[C@@](F)(CCc2ccc3c(n2)NCCC3)C1)c1cccc(OC[C@H]2CCCO2)c1. The Kier molecular flexibility index (Phi) is 8.25. The molecule has 0 aliphatic carbocycles. The van der Waals surface area contributed by atoms with Gasteiger partial charge in [-0.15, -0.1) is 0 Å². The van der Waals surface area contributed by atoms with Crippen LogP contribution in [0.5, 0.6) is 5.75 Å². The van der Waals surface area contributed by atoms with Crippen LogP contribution in [0, 0.1) is 0 Å². The van der Waals surface area contributed by atoms with E-state index in [1.807, 2.05) is 30.3 Å². The van der Waals surface area contributed by atoms with E-state index in [1.54, 1.807) is 0 Å². The lowest BCUT2D eigenvalue weighted by molar-refractivity contribution is -0.137. The van der Waals surface area contributed by atoms with Gasteiger partial charge in [-0.25, -0.2) is 9.37 Å². The number of hydrogen-bond acceptors (Lipinski definition) is 6. The number of aliphatic carboxylic acids is 1. The molecule has 0 saturated carbocycles. The van der Waals surface area contributed by atoms with E-state index in [1.165, 1.54) is 5.56 Å². The highest BCUT2D eigenvalue weighted by Crippen LogP contribution is 2.34. The number of halogens is 1. The highest BCUT2D eigenvalue weighted by Gasteiger charge is 2.39. The van der Waals surface area contributed by atoms with E-state index >= 15 is 4.39 Å². The van der Waals surface area contributed by atoms with Gasteiger partial charge in [-0.1, -0.05) is 18.2 Å². The molecule has 0 bridgehead atoms. The molecule has 7 nitrogen and oxygen atoms in total. The second kappa shape index (κ2) is 11.8. The Balaban J connectivity index is 1.17. The number of anilines is 1. The minimum absolute atomic E-state index is 0.00296. The topological polar surface area (TPSA) is 83.9 Å². The van der Waals surface area contributed by atoms with Crippen molar-refractivity contribution in [3.8, 4) is 5.75 Å². The molecule has 5 rings (SSSR count). The summed E-state index contributed by atoms with van der Waals surface area (Å²) in [6.07, 6.45) is 5.81. The number of carboxylic acids is 1. The average Bonchev–Trinajstić information content (AvgIpc) is 3.56. The Hall–Kier alpha value is -2.71. The van der Waals surface area contributed by atoms with E-state index in [9.17, 15) is 9.90 Å². The number of alkyl halides is 1. The second-order valence-corrected chi connectivity index (χ2v) is 10.8.